The second kappa shape index (κ2) is 8.83. The van der Waals surface area contributed by atoms with Crippen LogP contribution in [0, 0.1) is 17.8 Å². The smallest absolute Gasteiger partial charge is 0.310 e. The lowest BCUT2D eigenvalue weighted by Gasteiger charge is -2.41. The van der Waals surface area contributed by atoms with Gasteiger partial charge in [0.2, 0.25) is 11.8 Å². The van der Waals surface area contributed by atoms with Crippen LogP contribution >= 0.6 is 15.9 Å². The van der Waals surface area contributed by atoms with E-state index < -0.39 is 47.5 Å². The molecule has 1 spiro atoms. The quantitative estimate of drug-likeness (QED) is 0.368. The number of carbonyl (C=O) groups excluding carboxylic acids is 2. The minimum atomic E-state index is -1.23. The number of carboxylic acids is 1. The number of ether oxygens (including phenoxy) is 1. The molecule has 8 nitrogen and oxygen atoms in total. The first kappa shape index (κ1) is 24.2. The van der Waals surface area contributed by atoms with Crippen LogP contribution in [-0.2, 0) is 19.1 Å². The Labute approximate surface area is 191 Å². The predicted molar refractivity (Wildman–Crippen MR) is 118 cm³/mol. The van der Waals surface area contributed by atoms with Crippen molar-refractivity contribution in [1.29, 1.82) is 0 Å². The van der Waals surface area contributed by atoms with E-state index in [2.05, 4.69) is 22.5 Å². The summed E-state index contributed by atoms with van der Waals surface area (Å²) in [4.78, 5) is 42.6. The van der Waals surface area contributed by atoms with Crippen LogP contribution in [-0.4, -0.2) is 85.6 Å². The summed E-state index contributed by atoms with van der Waals surface area (Å²) >= 11 is 3.54. The zero-order valence-electron chi connectivity index (χ0n) is 18.5. The topological polar surface area (TPSA) is 107 Å². The molecule has 2 bridgehead atoms. The number of aliphatic hydroxyl groups is 1. The molecule has 3 heterocycles. The normalized spacial score (nSPS) is 35.9. The van der Waals surface area contributed by atoms with Crippen molar-refractivity contribution >= 4 is 33.7 Å². The van der Waals surface area contributed by atoms with Crippen LogP contribution in [0.5, 0.6) is 0 Å². The van der Waals surface area contributed by atoms with Gasteiger partial charge in [0.1, 0.15) is 11.6 Å². The molecule has 3 saturated heterocycles. The fourth-order valence-corrected chi connectivity index (χ4v) is 6.59. The largest absolute Gasteiger partial charge is 0.481 e. The maximum Gasteiger partial charge on any atom is 0.310 e. The number of halogens is 1. The molecule has 3 aliphatic heterocycles. The van der Waals surface area contributed by atoms with Gasteiger partial charge in [-0.1, -0.05) is 42.3 Å². The van der Waals surface area contributed by atoms with Gasteiger partial charge in [-0.15, -0.1) is 6.58 Å². The molecule has 9 heteroatoms. The second-order valence-corrected chi connectivity index (χ2v) is 10.4. The molecule has 1 unspecified atom stereocenters. The first-order valence-electron chi connectivity index (χ1n) is 11.0. The number of amides is 2. The number of carboxylic acid groups (broad SMARTS) is 1. The molecule has 0 aromatic rings. The lowest BCUT2D eigenvalue weighted by molar-refractivity contribution is -0.155. The average Bonchev–Trinajstić information content (AvgIpc) is 3.30. The highest BCUT2D eigenvalue weighted by Gasteiger charge is 2.77. The Bertz CT molecular complexity index is 760. The van der Waals surface area contributed by atoms with E-state index in [0.29, 0.717) is 19.4 Å². The zero-order chi connectivity index (χ0) is 23.2. The van der Waals surface area contributed by atoms with E-state index in [1.807, 2.05) is 27.7 Å². The molecule has 3 rings (SSSR count). The number of carbonyl (C=O) groups is 3. The maximum absolute atomic E-state index is 13.9. The number of nitrogens with zero attached hydrogens (tertiary/aromatic N) is 2. The van der Waals surface area contributed by atoms with E-state index >= 15 is 0 Å². The number of rotatable bonds is 9. The van der Waals surface area contributed by atoms with E-state index in [4.69, 9.17) is 4.74 Å². The van der Waals surface area contributed by atoms with Gasteiger partial charge < -0.3 is 24.7 Å². The summed E-state index contributed by atoms with van der Waals surface area (Å²) in [5.41, 5.74) is -1.23. The summed E-state index contributed by atoms with van der Waals surface area (Å²) in [5.74, 6) is -3.86. The Morgan fingerprint density at radius 1 is 1.42 bits per heavy atom. The highest BCUT2D eigenvalue weighted by atomic mass is 79.9. The molecule has 174 valence electrons. The maximum atomic E-state index is 13.9. The van der Waals surface area contributed by atoms with Crippen molar-refractivity contribution < 1.29 is 29.3 Å². The standard InChI is InChI=1S/C22H33BrN2O6/c1-6-8-24(11(3)4)20(28)18-22-9-13(23)17(31-22)15(21(29)30)16(22)19(27)25(18)14(10-26)12(5)7-2/h6,11-18,26H,1,7-10H2,2-5H3,(H,29,30)/t12-,13?,14-,15-,16+,17-,18-,22+/m0/s1. The van der Waals surface area contributed by atoms with Crippen LogP contribution in [0.1, 0.15) is 40.5 Å². The van der Waals surface area contributed by atoms with Gasteiger partial charge in [0.25, 0.3) is 0 Å². The molecular weight excluding hydrogens is 468 g/mol. The molecule has 0 aromatic carbocycles. The molecule has 0 radical (unpaired) electrons. The summed E-state index contributed by atoms with van der Waals surface area (Å²) < 4.78 is 6.28. The summed E-state index contributed by atoms with van der Waals surface area (Å²) in [6, 6.07) is -1.74. The number of fused-ring (bicyclic) bond motifs is 1. The Kier molecular flexibility index (Phi) is 6.89. The van der Waals surface area contributed by atoms with Gasteiger partial charge in [0, 0.05) is 17.4 Å². The Balaban J connectivity index is 2.16. The van der Waals surface area contributed by atoms with Crippen molar-refractivity contribution in [3.63, 3.8) is 0 Å². The Morgan fingerprint density at radius 3 is 2.55 bits per heavy atom. The number of aliphatic carboxylic acids is 1. The van der Waals surface area contributed by atoms with E-state index in [-0.39, 0.29) is 29.3 Å². The highest BCUT2D eigenvalue weighted by molar-refractivity contribution is 9.09. The molecule has 3 aliphatic rings. The van der Waals surface area contributed by atoms with Gasteiger partial charge in [0.05, 0.1) is 30.6 Å². The number of hydrogen-bond donors (Lipinski definition) is 2. The van der Waals surface area contributed by atoms with E-state index in [1.165, 1.54) is 4.90 Å². The molecule has 0 aromatic heterocycles. The van der Waals surface area contributed by atoms with E-state index in [9.17, 15) is 24.6 Å². The predicted octanol–water partition coefficient (Wildman–Crippen LogP) is 1.65. The van der Waals surface area contributed by atoms with E-state index in [1.54, 1.807) is 11.0 Å². The summed E-state index contributed by atoms with van der Waals surface area (Å²) in [7, 11) is 0. The third-order valence-electron chi connectivity index (χ3n) is 7.32. The first-order valence-corrected chi connectivity index (χ1v) is 11.9. The monoisotopic (exact) mass is 500 g/mol. The van der Waals surface area contributed by atoms with Crippen LogP contribution < -0.4 is 0 Å². The average molecular weight is 501 g/mol. The van der Waals surface area contributed by atoms with Gasteiger partial charge in [-0.25, -0.2) is 0 Å². The van der Waals surface area contributed by atoms with Gasteiger partial charge >= 0.3 is 5.97 Å². The lowest BCUT2D eigenvalue weighted by Crippen LogP contribution is -2.60. The minimum absolute atomic E-state index is 0.0772. The van der Waals surface area contributed by atoms with Gasteiger partial charge in [-0.05, 0) is 26.2 Å². The Morgan fingerprint density at radius 2 is 2.06 bits per heavy atom. The number of alkyl halides is 1. The summed E-state index contributed by atoms with van der Waals surface area (Å²) in [5, 5.41) is 20.1. The van der Waals surface area contributed by atoms with Gasteiger partial charge in [-0.2, -0.15) is 0 Å². The van der Waals surface area contributed by atoms with E-state index in [0.717, 1.165) is 0 Å². The van der Waals surface area contributed by atoms with Gasteiger partial charge in [-0.3, -0.25) is 14.4 Å². The minimum Gasteiger partial charge on any atom is -0.481 e. The van der Waals surface area contributed by atoms with Crippen molar-refractivity contribution in [2.75, 3.05) is 13.2 Å². The number of likely N-dealkylation sites (tertiary alicyclic amines) is 1. The molecule has 0 aliphatic carbocycles. The van der Waals surface area contributed by atoms with Crippen molar-refractivity contribution in [1.82, 2.24) is 9.80 Å². The van der Waals surface area contributed by atoms with Gasteiger partial charge in [0.15, 0.2) is 0 Å². The van der Waals surface area contributed by atoms with Crippen LogP contribution in [0.15, 0.2) is 12.7 Å². The highest BCUT2D eigenvalue weighted by Crippen LogP contribution is 2.60. The number of aliphatic hydroxyl groups excluding tert-OH is 1. The van der Waals surface area contributed by atoms with Crippen molar-refractivity contribution in [2.45, 2.75) is 75.2 Å². The van der Waals surface area contributed by atoms with Crippen LogP contribution in [0.25, 0.3) is 0 Å². The summed E-state index contributed by atoms with van der Waals surface area (Å²) in [6.07, 6.45) is 2.02. The molecule has 31 heavy (non-hydrogen) atoms. The molecule has 8 atom stereocenters. The fraction of sp³-hybridized carbons (Fsp3) is 0.773. The summed E-state index contributed by atoms with van der Waals surface area (Å²) in [6.45, 7) is 11.4. The lowest BCUT2D eigenvalue weighted by atomic mass is 9.70. The third kappa shape index (κ3) is 3.53. The molecule has 0 saturated carbocycles. The van der Waals surface area contributed by atoms with Crippen molar-refractivity contribution in [3.05, 3.63) is 12.7 Å². The first-order chi connectivity index (χ1) is 14.6. The van der Waals surface area contributed by atoms with Crippen molar-refractivity contribution in [2.24, 2.45) is 17.8 Å². The van der Waals surface area contributed by atoms with Crippen LogP contribution in [0.3, 0.4) is 0 Å². The Hall–Kier alpha value is -1.45. The molecule has 3 fully saturated rings. The third-order valence-corrected chi connectivity index (χ3v) is 8.17. The molecular formula is C22H33BrN2O6. The van der Waals surface area contributed by atoms with Crippen LogP contribution in [0.4, 0.5) is 0 Å². The number of hydrogen-bond acceptors (Lipinski definition) is 5. The van der Waals surface area contributed by atoms with Crippen LogP contribution in [0.2, 0.25) is 0 Å². The molecule has 2 amide bonds. The SMILES string of the molecule is C=CCN(C(=O)[C@@H]1N([C@@H](CO)[C@@H](C)CC)C(=O)[C@H]2[C@H](C(=O)O)[C@H]3O[C@@]12CC3Br)C(C)C. The fourth-order valence-electron chi connectivity index (χ4n) is 5.65. The second-order valence-electron chi connectivity index (χ2n) is 9.26. The van der Waals surface area contributed by atoms with Crippen molar-refractivity contribution in [3.8, 4) is 0 Å². The molecule has 2 N–H and O–H groups in total. The zero-order valence-corrected chi connectivity index (χ0v) is 20.1.